The van der Waals surface area contributed by atoms with Crippen LogP contribution in [0.4, 0.5) is 18.9 Å². The molecule has 8 nitrogen and oxygen atoms in total. The van der Waals surface area contributed by atoms with Crippen LogP contribution in [0.25, 0.3) is 0 Å². The molecule has 32 heavy (non-hydrogen) atoms. The van der Waals surface area contributed by atoms with Crippen molar-refractivity contribution in [2.45, 2.75) is 28.5 Å². The minimum atomic E-state index is -4.79. The van der Waals surface area contributed by atoms with Crippen molar-refractivity contribution in [3.8, 4) is 5.75 Å². The molecule has 0 aliphatic carbocycles. The number of benzene rings is 1. The average molecular weight is 492 g/mol. The summed E-state index contributed by atoms with van der Waals surface area (Å²) < 4.78 is 72.2. The van der Waals surface area contributed by atoms with Gasteiger partial charge in [-0.1, -0.05) is 11.8 Å². The fraction of sp³-hybridized carbons (Fsp3) is 0.368. The van der Waals surface area contributed by atoms with Crippen molar-refractivity contribution in [2.24, 2.45) is 0 Å². The summed E-state index contributed by atoms with van der Waals surface area (Å²) in [7, 11) is -3.66. The Morgan fingerprint density at radius 3 is 2.41 bits per heavy atom. The van der Waals surface area contributed by atoms with Crippen LogP contribution in [0.3, 0.4) is 0 Å². The average Bonchev–Trinajstić information content (AvgIpc) is 2.75. The summed E-state index contributed by atoms with van der Waals surface area (Å²) in [4.78, 5) is 16.6. The van der Waals surface area contributed by atoms with Crippen molar-refractivity contribution in [3.05, 3.63) is 42.6 Å². The Hall–Kier alpha value is -2.35. The van der Waals surface area contributed by atoms with E-state index in [4.69, 9.17) is 4.74 Å². The van der Waals surface area contributed by atoms with Gasteiger partial charge in [0.15, 0.2) is 0 Å². The Morgan fingerprint density at radius 1 is 1.19 bits per heavy atom. The van der Waals surface area contributed by atoms with Crippen LogP contribution in [-0.2, 0) is 19.6 Å². The molecule has 13 heteroatoms. The van der Waals surface area contributed by atoms with E-state index < -0.39 is 33.3 Å². The van der Waals surface area contributed by atoms with Crippen LogP contribution in [0.15, 0.2) is 52.5 Å². The number of carbonyl (C=O) groups is 1. The number of pyridine rings is 1. The Labute approximate surface area is 187 Å². The van der Waals surface area contributed by atoms with Crippen molar-refractivity contribution in [1.29, 1.82) is 0 Å². The highest BCUT2D eigenvalue weighted by Gasteiger charge is 2.31. The van der Waals surface area contributed by atoms with Gasteiger partial charge >= 0.3 is 6.36 Å². The molecule has 0 spiro atoms. The van der Waals surface area contributed by atoms with E-state index in [1.807, 2.05) is 0 Å². The maximum Gasteiger partial charge on any atom is 0.573 e. The van der Waals surface area contributed by atoms with Gasteiger partial charge in [-0.05, 0) is 43.3 Å². The molecule has 1 amide bonds. The first kappa shape index (κ1) is 24.3. The Bertz CT molecular complexity index is 1030. The third-order valence-electron chi connectivity index (χ3n) is 4.34. The van der Waals surface area contributed by atoms with Crippen molar-refractivity contribution < 1.29 is 35.9 Å². The number of hydrogen-bond acceptors (Lipinski definition) is 7. The number of thioether (sulfide) groups is 1. The normalized spacial score (nSPS) is 16.4. The Kier molecular flexibility index (Phi) is 7.64. The van der Waals surface area contributed by atoms with E-state index in [1.54, 1.807) is 6.92 Å². The second-order valence-electron chi connectivity index (χ2n) is 6.67. The predicted molar refractivity (Wildman–Crippen MR) is 111 cm³/mol. The Morgan fingerprint density at radius 2 is 1.84 bits per heavy atom. The molecule has 1 aliphatic heterocycles. The minimum Gasteiger partial charge on any atom is -0.406 e. The molecule has 174 valence electrons. The largest absolute Gasteiger partial charge is 0.573 e. The molecule has 1 saturated heterocycles. The van der Waals surface area contributed by atoms with E-state index in [1.165, 1.54) is 34.8 Å². The molecule has 1 aromatic carbocycles. The molecule has 1 unspecified atom stereocenters. The van der Waals surface area contributed by atoms with Crippen LogP contribution >= 0.6 is 11.8 Å². The first-order chi connectivity index (χ1) is 15.0. The number of ether oxygens (including phenoxy) is 2. The second-order valence-corrected chi connectivity index (χ2v) is 9.97. The zero-order valence-corrected chi connectivity index (χ0v) is 18.5. The van der Waals surface area contributed by atoms with Gasteiger partial charge in [0, 0.05) is 25.0 Å². The number of hydrogen-bond donors (Lipinski definition) is 1. The van der Waals surface area contributed by atoms with E-state index in [2.05, 4.69) is 15.0 Å². The molecule has 1 fully saturated rings. The van der Waals surface area contributed by atoms with E-state index >= 15 is 0 Å². The van der Waals surface area contributed by atoms with Crippen LogP contribution in [-0.4, -0.2) is 61.5 Å². The molecule has 2 aromatic rings. The summed E-state index contributed by atoms with van der Waals surface area (Å²) >= 11 is 1.11. The van der Waals surface area contributed by atoms with Gasteiger partial charge in [0.1, 0.15) is 10.6 Å². The zero-order chi connectivity index (χ0) is 23.4. The number of amides is 1. The molecule has 3 rings (SSSR count). The number of alkyl halides is 3. The molecule has 1 aliphatic rings. The topological polar surface area (TPSA) is 97.8 Å². The van der Waals surface area contributed by atoms with E-state index in [0.29, 0.717) is 23.9 Å². The lowest BCUT2D eigenvalue weighted by Crippen LogP contribution is -2.40. The van der Waals surface area contributed by atoms with Gasteiger partial charge in [0.25, 0.3) is 0 Å². The summed E-state index contributed by atoms with van der Waals surface area (Å²) in [6, 6.07) is 7.72. The highest BCUT2D eigenvalue weighted by atomic mass is 32.2. The van der Waals surface area contributed by atoms with Crippen LogP contribution in [0.2, 0.25) is 0 Å². The third kappa shape index (κ3) is 6.58. The van der Waals surface area contributed by atoms with Gasteiger partial charge in [0.05, 0.1) is 23.5 Å². The number of rotatable bonds is 7. The number of halogens is 3. The summed E-state index contributed by atoms with van der Waals surface area (Å²) in [6.07, 6.45) is -3.54. The number of morpholine rings is 1. The van der Waals surface area contributed by atoms with E-state index in [-0.39, 0.29) is 18.0 Å². The van der Waals surface area contributed by atoms with Gasteiger partial charge in [-0.2, -0.15) is 4.31 Å². The van der Waals surface area contributed by atoms with Crippen molar-refractivity contribution in [3.63, 3.8) is 0 Å². The van der Waals surface area contributed by atoms with Crippen molar-refractivity contribution >= 4 is 33.4 Å². The molecule has 1 atom stereocenters. The van der Waals surface area contributed by atoms with Gasteiger partial charge in [-0.15, -0.1) is 13.2 Å². The van der Waals surface area contributed by atoms with Crippen LogP contribution in [0.5, 0.6) is 5.75 Å². The molecule has 0 saturated carbocycles. The maximum absolute atomic E-state index is 12.6. The van der Waals surface area contributed by atoms with Crippen molar-refractivity contribution in [2.75, 3.05) is 31.6 Å². The third-order valence-corrected chi connectivity index (χ3v) is 7.27. The van der Waals surface area contributed by atoms with Crippen LogP contribution < -0.4 is 10.1 Å². The molecule has 2 heterocycles. The molecular weight excluding hydrogens is 471 g/mol. The molecule has 0 radical (unpaired) electrons. The Balaban J connectivity index is 1.57. The maximum atomic E-state index is 12.6. The highest BCUT2D eigenvalue weighted by molar-refractivity contribution is 8.00. The SMILES string of the molecule is CC(Sc1ccc(S(=O)(=O)N2CCOCC2)cn1)C(=O)Nc1ccc(OC(F)(F)F)cc1. The minimum absolute atomic E-state index is 0.0574. The summed E-state index contributed by atoms with van der Waals surface area (Å²) in [5.41, 5.74) is 0.303. The first-order valence-electron chi connectivity index (χ1n) is 9.42. The fourth-order valence-corrected chi connectivity index (χ4v) is 4.89. The number of anilines is 1. The number of aromatic nitrogens is 1. The molecule has 1 aromatic heterocycles. The zero-order valence-electron chi connectivity index (χ0n) is 16.8. The number of sulfonamides is 1. The monoisotopic (exact) mass is 491 g/mol. The lowest BCUT2D eigenvalue weighted by molar-refractivity contribution is -0.274. The summed E-state index contributed by atoms with van der Waals surface area (Å²) in [5, 5.41) is 2.44. The summed E-state index contributed by atoms with van der Waals surface area (Å²) in [5.74, 6) is -0.791. The fourth-order valence-electron chi connectivity index (χ4n) is 2.74. The molecule has 1 N–H and O–H groups in total. The first-order valence-corrected chi connectivity index (χ1v) is 11.7. The number of nitrogens with one attached hydrogen (secondary N) is 1. The highest BCUT2D eigenvalue weighted by Crippen LogP contribution is 2.26. The molecular formula is C19H20F3N3O5S2. The van der Waals surface area contributed by atoms with Crippen LogP contribution in [0, 0.1) is 0 Å². The van der Waals surface area contributed by atoms with Crippen LogP contribution in [0.1, 0.15) is 6.92 Å². The van der Waals surface area contributed by atoms with E-state index in [9.17, 15) is 26.4 Å². The lowest BCUT2D eigenvalue weighted by Gasteiger charge is -2.25. The smallest absolute Gasteiger partial charge is 0.406 e. The lowest BCUT2D eigenvalue weighted by atomic mass is 10.3. The number of nitrogens with zero attached hydrogens (tertiary/aromatic N) is 2. The summed E-state index contributed by atoms with van der Waals surface area (Å²) in [6.45, 7) is 2.86. The predicted octanol–water partition coefficient (Wildman–Crippen LogP) is 3.12. The standard InChI is InChI=1S/C19H20F3N3O5S2/c1-13(18(26)24-14-2-4-15(5-3-14)30-19(20,21)22)31-17-7-6-16(12-23-17)32(27,28)25-8-10-29-11-9-25/h2-7,12-13H,8-11H2,1H3,(H,24,26). The van der Waals surface area contributed by atoms with Gasteiger partial charge in [0.2, 0.25) is 15.9 Å². The second kappa shape index (κ2) is 10.1. The van der Waals surface area contributed by atoms with Gasteiger partial charge in [-0.25, -0.2) is 13.4 Å². The van der Waals surface area contributed by atoms with Gasteiger partial charge in [-0.3, -0.25) is 4.79 Å². The van der Waals surface area contributed by atoms with Gasteiger partial charge < -0.3 is 14.8 Å². The quantitative estimate of drug-likeness (QED) is 0.595. The molecule has 0 bridgehead atoms. The van der Waals surface area contributed by atoms with Crippen molar-refractivity contribution in [1.82, 2.24) is 9.29 Å². The number of carbonyl (C=O) groups excluding carboxylic acids is 1. The van der Waals surface area contributed by atoms with E-state index in [0.717, 1.165) is 23.9 Å².